The largest absolute Gasteiger partial charge is 0.326 e. The van der Waals surface area contributed by atoms with E-state index in [0.29, 0.717) is 5.92 Å². The van der Waals surface area contributed by atoms with Crippen LogP contribution in [0.25, 0.3) is 0 Å². The fraction of sp³-hybridized carbons (Fsp3) is 0.471. The molecular weight excluding hydrogens is 278 g/mol. The Balaban J connectivity index is 1.75. The van der Waals surface area contributed by atoms with Gasteiger partial charge in [-0.15, -0.1) is 0 Å². The lowest BCUT2D eigenvalue weighted by Crippen LogP contribution is -2.22. The first kappa shape index (κ1) is 16.2. The highest BCUT2D eigenvalue weighted by molar-refractivity contribution is 5.94. The van der Waals surface area contributed by atoms with E-state index in [2.05, 4.69) is 15.8 Å². The number of hydrogen-bond acceptors (Lipinski definition) is 3. The third kappa shape index (κ3) is 4.98. The molecular formula is C17H23N3O2. The number of carbonyl (C=O) groups excluding carboxylic acids is 2. The van der Waals surface area contributed by atoms with Crippen LogP contribution in [0.1, 0.15) is 43.7 Å². The molecule has 0 saturated heterocycles. The van der Waals surface area contributed by atoms with Crippen LogP contribution in [-0.2, 0) is 9.59 Å². The number of anilines is 1. The van der Waals surface area contributed by atoms with Crippen LogP contribution in [0.2, 0.25) is 0 Å². The van der Waals surface area contributed by atoms with Gasteiger partial charge in [-0.25, -0.2) is 5.43 Å². The first-order chi connectivity index (χ1) is 10.5. The number of aryl methyl sites for hydroxylation is 2. The summed E-state index contributed by atoms with van der Waals surface area (Å²) in [6.45, 7) is 5.88. The molecule has 5 heteroatoms. The summed E-state index contributed by atoms with van der Waals surface area (Å²) in [4.78, 5) is 23.5. The molecule has 0 aromatic heterocycles. The summed E-state index contributed by atoms with van der Waals surface area (Å²) in [5.74, 6) is 0.147. The fourth-order valence-corrected chi connectivity index (χ4v) is 2.19. The Bertz CT molecular complexity index is 604. The van der Waals surface area contributed by atoms with Gasteiger partial charge >= 0.3 is 0 Å². The molecule has 2 rings (SSSR count). The minimum Gasteiger partial charge on any atom is -0.326 e. The number of nitrogens with zero attached hydrogens (tertiary/aromatic N) is 1. The minimum atomic E-state index is -0.226. The molecule has 1 saturated carbocycles. The Labute approximate surface area is 131 Å². The van der Waals surface area contributed by atoms with Crippen LogP contribution in [0.15, 0.2) is 23.3 Å². The van der Waals surface area contributed by atoms with Crippen molar-refractivity contribution in [2.45, 2.75) is 46.5 Å². The molecule has 0 radical (unpaired) electrons. The second-order valence-electron chi connectivity index (χ2n) is 5.93. The standard InChI is InChI=1S/C17H23N3O2/c1-11-4-7-15(12(2)10-11)18-16(21)8-9-17(22)20-19-13(3)14-5-6-14/h4,7,10,14H,5-6,8-9H2,1-3H3,(H,18,21)(H,20,22)/b19-13-. The summed E-state index contributed by atoms with van der Waals surface area (Å²) in [5, 5.41) is 6.89. The first-order valence-corrected chi connectivity index (χ1v) is 7.66. The van der Waals surface area contributed by atoms with E-state index >= 15 is 0 Å². The zero-order valence-electron chi connectivity index (χ0n) is 13.4. The molecule has 0 spiro atoms. The highest BCUT2D eigenvalue weighted by Crippen LogP contribution is 2.30. The topological polar surface area (TPSA) is 70.6 Å². The summed E-state index contributed by atoms with van der Waals surface area (Å²) < 4.78 is 0. The highest BCUT2D eigenvalue weighted by atomic mass is 16.2. The molecule has 0 unspecified atom stereocenters. The molecule has 5 nitrogen and oxygen atoms in total. The van der Waals surface area contributed by atoms with Crippen molar-refractivity contribution < 1.29 is 9.59 Å². The molecule has 0 bridgehead atoms. The van der Waals surface area contributed by atoms with Crippen LogP contribution in [0.5, 0.6) is 0 Å². The number of hydrazone groups is 1. The van der Waals surface area contributed by atoms with Crippen LogP contribution in [0.4, 0.5) is 5.69 Å². The lowest BCUT2D eigenvalue weighted by molar-refractivity contribution is -0.124. The van der Waals surface area contributed by atoms with Gasteiger partial charge in [-0.3, -0.25) is 9.59 Å². The molecule has 1 fully saturated rings. The van der Waals surface area contributed by atoms with Crippen molar-refractivity contribution in [2.24, 2.45) is 11.0 Å². The summed E-state index contributed by atoms with van der Waals surface area (Å²) in [7, 11) is 0. The van der Waals surface area contributed by atoms with E-state index in [4.69, 9.17) is 0 Å². The maximum Gasteiger partial charge on any atom is 0.240 e. The van der Waals surface area contributed by atoms with Crippen molar-refractivity contribution >= 4 is 23.2 Å². The summed E-state index contributed by atoms with van der Waals surface area (Å²) in [6, 6.07) is 5.84. The Kier molecular flexibility index (Phi) is 5.31. The van der Waals surface area contributed by atoms with Gasteiger partial charge in [0.1, 0.15) is 0 Å². The monoisotopic (exact) mass is 301 g/mol. The Hall–Kier alpha value is -2.17. The van der Waals surface area contributed by atoms with Crippen LogP contribution >= 0.6 is 0 Å². The van der Waals surface area contributed by atoms with E-state index in [0.717, 1.165) is 35.4 Å². The van der Waals surface area contributed by atoms with Crippen molar-refractivity contribution in [1.29, 1.82) is 0 Å². The van der Waals surface area contributed by atoms with E-state index in [1.165, 1.54) is 0 Å². The maximum atomic E-state index is 11.9. The van der Waals surface area contributed by atoms with Crippen LogP contribution < -0.4 is 10.7 Å². The molecule has 2 amide bonds. The summed E-state index contributed by atoms with van der Waals surface area (Å²) >= 11 is 0. The molecule has 0 heterocycles. The predicted molar refractivity (Wildman–Crippen MR) is 87.8 cm³/mol. The predicted octanol–water partition coefficient (Wildman–Crippen LogP) is 2.92. The normalized spacial score (nSPS) is 14.6. The molecule has 0 aliphatic heterocycles. The molecule has 22 heavy (non-hydrogen) atoms. The Morgan fingerprint density at radius 3 is 2.50 bits per heavy atom. The van der Waals surface area contributed by atoms with E-state index < -0.39 is 0 Å². The smallest absolute Gasteiger partial charge is 0.240 e. The molecule has 118 valence electrons. The number of nitrogens with one attached hydrogen (secondary N) is 2. The second-order valence-corrected chi connectivity index (χ2v) is 5.93. The number of rotatable bonds is 6. The fourth-order valence-electron chi connectivity index (χ4n) is 2.19. The summed E-state index contributed by atoms with van der Waals surface area (Å²) in [5.41, 5.74) is 6.43. The molecule has 1 aromatic rings. The highest BCUT2D eigenvalue weighted by Gasteiger charge is 2.24. The van der Waals surface area contributed by atoms with Gasteiger partial charge in [-0.1, -0.05) is 17.7 Å². The van der Waals surface area contributed by atoms with Crippen molar-refractivity contribution in [3.63, 3.8) is 0 Å². The minimum absolute atomic E-state index is 0.137. The zero-order chi connectivity index (χ0) is 16.1. The van der Waals surface area contributed by atoms with Gasteiger partial charge in [-0.05, 0) is 51.2 Å². The van der Waals surface area contributed by atoms with Crippen molar-refractivity contribution in [1.82, 2.24) is 5.43 Å². The third-order valence-electron chi connectivity index (χ3n) is 3.76. The Morgan fingerprint density at radius 1 is 1.18 bits per heavy atom. The molecule has 1 aliphatic carbocycles. The molecule has 1 aromatic carbocycles. The van der Waals surface area contributed by atoms with Gasteiger partial charge in [0, 0.05) is 24.2 Å². The van der Waals surface area contributed by atoms with Crippen LogP contribution in [0.3, 0.4) is 0 Å². The SMILES string of the molecule is C/C(=N/NC(=O)CCC(=O)Nc1ccc(C)cc1C)C1CC1. The van der Waals surface area contributed by atoms with E-state index in [1.54, 1.807) is 0 Å². The van der Waals surface area contributed by atoms with Gasteiger partial charge in [0.2, 0.25) is 11.8 Å². The van der Waals surface area contributed by atoms with E-state index in [1.807, 2.05) is 39.0 Å². The van der Waals surface area contributed by atoms with Crippen LogP contribution in [0, 0.1) is 19.8 Å². The van der Waals surface area contributed by atoms with Gasteiger partial charge in [0.15, 0.2) is 0 Å². The Morgan fingerprint density at radius 2 is 1.86 bits per heavy atom. The zero-order valence-corrected chi connectivity index (χ0v) is 13.4. The number of carbonyl (C=O) groups is 2. The average molecular weight is 301 g/mol. The lowest BCUT2D eigenvalue weighted by atomic mass is 10.1. The van der Waals surface area contributed by atoms with Gasteiger partial charge in [-0.2, -0.15) is 5.10 Å². The lowest BCUT2D eigenvalue weighted by Gasteiger charge is -2.09. The number of amides is 2. The number of hydrogen-bond donors (Lipinski definition) is 2. The van der Waals surface area contributed by atoms with Crippen LogP contribution in [-0.4, -0.2) is 17.5 Å². The van der Waals surface area contributed by atoms with E-state index in [-0.39, 0.29) is 24.7 Å². The van der Waals surface area contributed by atoms with Crippen molar-refractivity contribution in [2.75, 3.05) is 5.32 Å². The summed E-state index contributed by atoms with van der Waals surface area (Å²) in [6.07, 6.45) is 2.60. The molecule has 0 atom stereocenters. The molecule has 1 aliphatic rings. The quantitative estimate of drug-likeness (QED) is 0.626. The number of benzene rings is 1. The third-order valence-corrected chi connectivity index (χ3v) is 3.76. The van der Waals surface area contributed by atoms with E-state index in [9.17, 15) is 9.59 Å². The average Bonchev–Trinajstić information content (AvgIpc) is 3.30. The van der Waals surface area contributed by atoms with Gasteiger partial charge in [0.25, 0.3) is 0 Å². The molecule has 2 N–H and O–H groups in total. The van der Waals surface area contributed by atoms with Crippen molar-refractivity contribution in [3.05, 3.63) is 29.3 Å². The van der Waals surface area contributed by atoms with Gasteiger partial charge < -0.3 is 5.32 Å². The maximum absolute atomic E-state index is 11.9. The second kappa shape index (κ2) is 7.20. The first-order valence-electron chi connectivity index (χ1n) is 7.66. The van der Waals surface area contributed by atoms with Crippen molar-refractivity contribution in [3.8, 4) is 0 Å². The van der Waals surface area contributed by atoms with Gasteiger partial charge in [0.05, 0.1) is 0 Å².